The SMILES string of the molecule is CC1C=Cc2c(c3ccccc3n2-c2ccc(-c3ccc(-c4ccccc4N(c4ccc(-c5cccc6cccc(-c7ccccc7)c56)cc4)c4ccc(C5(c6ccccc6)c6ccccc6-c6ccccc65)cc4)cc3)cc2)C1. The molecule has 0 aliphatic heterocycles. The maximum absolute atomic E-state index is 2.44. The molecule has 2 aliphatic carbocycles. The van der Waals surface area contributed by atoms with Crippen LogP contribution in [-0.2, 0) is 11.8 Å². The largest absolute Gasteiger partial charge is 0.310 e. The Morgan fingerprint density at radius 3 is 1.52 bits per heavy atom. The van der Waals surface area contributed by atoms with E-state index in [0.717, 1.165) is 34.6 Å². The van der Waals surface area contributed by atoms with Gasteiger partial charge < -0.3 is 9.47 Å². The second-order valence-electron chi connectivity index (χ2n) is 21.6. The van der Waals surface area contributed by atoms with Crippen LogP contribution in [0.1, 0.15) is 40.4 Å². The van der Waals surface area contributed by atoms with Crippen LogP contribution in [-0.4, -0.2) is 4.57 Å². The molecule has 0 saturated carbocycles. The molecule has 0 fully saturated rings. The van der Waals surface area contributed by atoms with Gasteiger partial charge in [0.25, 0.3) is 0 Å². The summed E-state index contributed by atoms with van der Waals surface area (Å²) in [5, 5.41) is 3.83. The Morgan fingerprint density at radius 1 is 0.388 bits per heavy atom. The zero-order valence-electron chi connectivity index (χ0n) is 44.5. The van der Waals surface area contributed by atoms with Gasteiger partial charge >= 0.3 is 0 Å². The molecule has 1 heterocycles. The van der Waals surface area contributed by atoms with Crippen molar-refractivity contribution in [2.24, 2.45) is 5.92 Å². The number of anilines is 3. The van der Waals surface area contributed by atoms with E-state index in [0.29, 0.717) is 5.92 Å². The monoisotopic (exact) mass is 1020 g/mol. The van der Waals surface area contributed by atoms with Gasteiger partial charge in [-0.3, -0.25) is 0 Å². The number of rotatable bonds is 10. The van der Waals surface area contributed by atoms with E-state index in [-0.39, 0.29) is 0 Å². The molecule has 2 heteroatoms. The first-order chi connectivity index (χ1) is 39.6. The minimum Gasteiger partial charge on any atom is -0.310 e. The lowest BCUT2D eigenvalue weighted by atomic mass is 9.68. The molecule has 1 aromatic heterocycles. The third kappa shape index (κ3) is 7.70. The van der Waals surface area contributed by atoms with Crippen molar-refractivity contribution in [1.82, 2.24) is 4.57 Å². The highest BCUT2D eigenvalue weighted by Crippen LogP contribution is 2.56. The van der Waals surface area contributed by atoms with E-state index in [2.05, 4.69) is 320 Å². The van der Waals surface area contributed by atoms with E-state index in [1.807, 2.05) is 0 Å². The van der Waals surface area contributed by atoms with Crippen LogP contribution in [0, 0.1) is 5.92 Å². The minimum atomic E-state index is -0.497. The fourth-order valence-electron chi connectivity index (χ4n) is 13.4. The molecule has 378 valence electrons. The molecule has 0 saturated heterocycles. The third-order valence-corrected chi connectivity index (χ3v) is 17.1. The topological polar surface area (TPSA) is 8.17 Å². The van der Waals surface area contributed by atoms with Gasteiger partial charge in [0, 0.05) is 33.7 Å². The lowest BCUT2D eigenvalue weighted by Gasteiger charge is -2.34. The average molecular weight is 1020 g/mol. The third-order valence-electron chi connectivity index (χ3n) is 17.1. The Kier molecular flexibility index (Phi) is 11.5. The van der Waals surface area contributed by atoms with Gasteiger partial charge in [0.2, 0.25) is 0 Å². The van der Waals surface area contributed by atoms with Gasteiger partial charge in [-0.2, -0.15) is 0 Å². The summed E-state index contributed by atoms with van der Waals surface area (Å²) in [5.41, 5.74) is 25.1. The second-order valence-corrected chi connectivity index (χ2v) is 21.6. The molecule has 15 rings (SSSR count). The van der Waals surface area contributed by atoms with Gasteiger partial charge in [-0.1, -0.05) is 256 Å². The summed E-state index contributed by atoms with van der Waals surface area (Å²) in [6.07, 6.45) is 5.73. The summed E-state index contributed by atoms with van der Waals surface area (Å²) in [4.78, 5) is 2.44. The summed E-state index contributed by atoms with van der Waals surface area (Å²) in [7, 11) is 0. The number of nitrogens with zero attached hydrogens (tertiary/aromatic N) is 2. The predicted octanol–water partition coefficient (Wildman–Crippen LogP) is 20.5. The van der Waals surface area contributed by atoms with Crippen LogP contribution in [0.3, 0.4) is 0 Å². The van der Waals surface area contributed by atoms with Gasteiger partial charge in [0.15, 0.2) is 0 Å². The molecule has 80 heavy (non-hydrogen) atoms. The number of fused-ring (bicyclic) bond motifs is 7. The zero-order valence-corrected chi connectivity index (χ0v) is 44.5. The van der Waals surface area contributed by atoms with Crippen molar-refractivity contribution in [3.63, 3.8) is 0 Å². The first-order valence-corrected chi connectivity index (χ1v) is 28.0. The van der Waals surface area contributed by atoms with Crippen molar-refractivity contribution in [2.45, 2.75) is 18.8 Å². The van der Waals surface area contributed by atoms with E-state index < -0.39 is 5.41 Å². The van der Waals surface area contributed by atoms with Crippen LogP contribution in [0.25, 0.3) is 89.1 Å². The Morgan fingerprint density at radius 2 is 0.863 bits per heavy atom. The fourth-order valence-corrected chi connectivity index (χ4v) is 13.4. The molecular formula is C78H56N2. The highest BCUT2D eigenvalue weighted by molar-refractivity contribution is 6.06. The number of hydrogen-bond acceptors (Lipinski definition) is 1. The van der Waals surface area contributed by atoms with E-state index in [1.54, 1.807) is 0 Å². The first kappa shape index (κ1) is 47.2. The molecular weight excluding hydrogens is 965 g/mol. The molecule has 0 bridgehead atoms. The second kappa shape index (κ2) is 19.5. The Balaban J connectivity index is 0.835. The summed E-state index contributed by atoms with van der Waals surface area (Å²) >= 11 is 0. The van der Waals surface area contributed by atoms with Gasteiger partial charge in [0.1, 0.15) is 0 Å². The number of para-hydroxylation sites is 2. The number of benzene rings is 12. The van der Waals surface area contributed by atoms with Gasteiger partial charge in [0.05, 0.1) is 16.6 Å². The Labute approximate surface area is 468 Å². The van der Waals surface area contributed by atoms with Crippen molar-refractivity contribution in [2.75, 3.05) is 4.90 Å². The maximum Gasteiger partial charge on any atom is 0.0713 e. The van der Waals surface area contributed by atoms with Crippen molar-refractivity contribution in [3.05, 3.63) is 331 Å². The van der Waals surface area contributed by atoms with Crippen LogP contribution in [0.5, 0.6) is 0 Å². The van der Waals surface area contributed by atoms with Crippen molar-refractivity contribution < 1.29 is 0 Å². The van der Waals surface area contributed by atoms with Crippen LogP contribution >= 0.6 is 0 Å². The molecule has 13 aromatic rings. The quantitative estimate of drug-likeness (QED) is 0.133. The average Bonchev–Trinajstić information content (AvgIpc) is 4.17. The van der Waals surface area contributed by atoms with Gasteiger partial charge in [-0.15, -0.1) is 0 Å². The summed E-state index contributed by atoms with van der Waals surface area (Å²) < 4.78 is 2.43. The van der Waals surface area contributed by atoms with Crippen LogP contribution in [0.4, 0.5) is 17.1 Å². The summed E-state index contributed by atoms with van der Waals surface area (Å²) in [6, 6.07) is 108. The number of hydrogen-bond donors (Lipinski definition) is 0. The minimum absolute atomic E-state index is 0.497. The van der Waals surface area contributed by atoms with Gasteiger partial charge in [-0.25, -0.2) is 0 Å². The van der Waals surface area contributed by atoms with Crippen molar-refractivity contribution in [1.29, 1.82) is 0 Å². The van der Waals surface area contributed by atoms with E-state index >= 15 is 0 Å². The molecule has 1 unspecified atom stereocenters. The number of allylic oxidation sites excluding steroid dienone is 1. The van der Waals surface area contributed by atoms with E-state index in [4.69, 9.17) is 0 Å². The van der Waals surface area contributed by atoms with E-state index in [9.17, 15) is 0 Å². The highest BCUT2D eigenvalue weighted by atomic mass is 15.1. The fraction of sp³-hybridized carbons (Fsp3) is 0.0513. The van der Waals surface area contributed by atoms with Crippen LogP contribution in [0.15, 0.2) is 297 Å². The molecule has 12 aromatic carbocycles. The Bertz CT molecular complexity index is 4420. The van der Waals surface area contributed by atoms with Crippen LogP contribution in [0.2, 0.25) is 0 Å². The normalized spacial score (nSPS) is 13.9. The standard InChI is InChI=1S/C78H56N2/c1-53-34-51-76-71(52-53)70-27-11-15-33-75(70)80(76)64-45-39-55(40-46-64)54-35-37-57(38-36-54)65-24-10-14-32-74(65)79(62-47-41-58(42-48-62)67-29-17-21-59-20-16-28-66(77(59)67)56-18-4-2-5-19-56)63-49-43-61(44-50-63)78(60-22-6-3-7-23-60)72-30-12-8-25-68(72)69-26-9-13-31-73(69)78/h2-51,53H,52H2,1H3. The highest BCUT2D eigenvalue weighted by Gasteiger charge is 2.46. The molecule has 2 nitrogen and oxygen atoms in total. The lowest BCUT2D eigenvalue weighted by molar-refractivity contribution is 0.718. The molecule has 0 radical (unpaired) electrons. The molecule has 0 N–H and O–H groups in total. The summed E-state index contributed by atoms with van der Waals surface area (Å²) in [6.45, 7) is 2.31. The maximum atomic E-state index is 2.44. The van der Waals surface area contributed by atoms with Crippen LogP contribution < -0.4 is 4.90 Å². The van der Waals surface area contributed by atoms with E-state index in [1.165, 1.54) is 105 Å². The summed E-state index contributed by atoms with van der Waals surface area (Å²) in [5.74, 6) is 0.532. The molecule has 0 amide bonds. The van der Waals surface area contributed by atoms with Gasteiger partial charge in [-0.05, 0) is 156 Å². The van der Waals surface area contributed by atoms with Crippen molar-refractivity contribution >= 4 is 44.8 Å². The molecule has 2 aliphatic rings. The number of aromatic nitrogens is 1. The zero-order chi connectivity index (χ0) is 53.2. The first-order valence-electron chi connectivity index (χ1n) is 28.0. The Hall–Kier alpha value is -10.0. The smallest absolute Gasteiger partial charge is 0.0713 e. The predicted molar refractivity (Wildman–Crippen MR) is 336 cm³/mol. The van der Waals surface area contributed by atoms with Crippen molar-refractivity contribution in [3.8, 4) is 61.3 Å². The molecule has 1 atom stereocenters. The lowest BCUT2D eigenvalue weighted by Crippen LogP contribution is -2.28. The molecule has 0 spiro atoms.